The predicted molar refractivity (Wildman–Crippen MR) is 74.8 cm³/mol. The molecule has 100 valence electrons. The summed E-state index contributed by atoms with van der Waals surface area (Å²) in [6.45, 7) is 6.73. The lowest BCUT2D eigenvalue weighted by Gasteiger charge is -2.44. The quantitative estimate of drug-likeness (QED) is 0.881. The van der Waals surface area contributed by atoms with Gasteiger partial charge < -0.3 is 10.2 Å². The minimum Gasteiger partial charge on any atom is -0.356 e. The Morgan fingerprint density at radius 1 is 1.47 bits per heavy atom. The molecule has 1 saturated heterocycles. The van der Waals surface area contributed by atoms with Crippen molar-refractivity contribution in [3.8, 4) is 6.07 Å². The molecule has 1 unspecified atom stereocenters. The van der Waals surface area contributed by atoms with Crippen molar-refractivity contribution in [1.82, 2.24) is 5.32 Å². The van der Waals surface area contributed by atoms with Gasteiger partial charge >= 0.3 is 0 Å². The Hall–Kier alpha value is -2.02. The first kappa shape index (κ1) is 13.4. The lowest BCUT2D eigenvalue weighted by atomic mass is 9.95. The van der Waals surface area contributed by atoms with E-state index in [0.29, 0.717) is 6.54 Å². The van der Waals surface area contributed by atoms with Gasteiger partial charge in [0.2, 0.25) is 5.91 Å². The van der Waals surface area contributed by atoms with Crippen molar-refractivity contribution in [2.24, 2.45) is 0 Å². The summed E-state index contributed by atoms with van der Waals surface area (Å²) >= 11 is 0. The predicted octanol–water partition coefficient (Wildman–Crippen LogP) is 1.99. The van der Waals surface area contributed by atoms with Gasteiger partial charge in [0.15, 0.2) is 0 Å². The number of amides is 1. The zero-order valence-electron chi connectivity index (χ0n) is 11.6. The molecule has 1 fully saturated rings. The molecule has 4 heteroatoms. The van der Waals surface area contributed by atoms with Crippen LogP contribution in [-0.2, 0) is 4.79 Å². The van der Waals surface area contributed by atoms with E-state index >= 15 is 0 Å². The highest BCUT2D eigenvalue weighted by molar-refractivity contribution is 5.88. The minimum atomic E-state index is -0.404. The van der Waals surface area contributed by atoms with Crippen LogP contribution in [0.15, 0.2) is 24.3 Å². The second-order valence-electron chi connectivity index (χ2n) is 5.67. The molecular formula is C15H19N3O. The first-order chi connectivity index (χ1) is 8.94. The fourth-order valence-corrected chi connectivity index (χ4v) is 2.56. The number of aryl methyl sites for hydroxylation is 1. The Kier molecular flexibility index (Phi) is 3.48. The van der Waals surface area contributed by atoms with E-state index in [-0.39, 0.29) is 17.9 Å². The molecule has 1 aliphatic rings. The van der Waals surface area contributed by atoms with Crippen LogP contribution >= 0.6 is 0 Å². The van der Waals surface area contributed by atoms with Crippen LogP contribution in [0, 0.1) is 18.3 Å². The SMILES string of the molecule is Cc1ccccc1N1CC(C)(C)NC(=O)C1CC#N. The normalized spacial score (nSPS) is 21.7. The molecule has 0 aromatic heterocycles. The van der Waals surface area contributed by atoms with E-state index in [1.54, 1.807) is 0 Å². The summed E-state index contributed by atoms with van der Waals surface area (Å²) in [5.41, 5.74) is 1.87. The topological polar surface area (TPSA) is 56.1 Å². The van der Waals surface area contributed by atoms with Crippen LogP contribution in [0.3, 0.4) is 0 Å². The molecule has 1 heterocycles. The van der Waals surface area contributed by atoms with Gasteiger partial charge in [-0.25, -0.2) is 0 Å². The molecule has 1 aromatic carbocycles. The fraction of sp³-hybridized carbons (Fsp3) is 0.467. The standard InChI is InChI=1S/C15H19N3O/c1-11-6-4-5-7-12(11)18-10-15(2,3)17-14(19)13(18)8-9-16/h4-7,13H,8,10H2,1-3H3,(H,17,19). The molecule has 1 atom stereocenters. The Labute approximate surface area is 114 Å². The number of rotatable bonds is 2. The zero-order chi connectivity index (χ0) is 14.0. The zero-order valence-corrected chi connectivity index (χ0v) is 11.6. The molecule has 19 heavy (non-hydrogen) atoms. The summed E-state index contributed by atoms with van der Waals surface area (Å²) in [5, 5.41) is 11.9. The van der Waals surface area contributed by atoms with E-state index < -0.39 is 6.04 Å². The monoisotopic (exact) mass is 257 g/mol. The van der Waals surface area contributed by atoms with Crippen LogP contribution in [-0.4, -0.2) is 24.0 Å². The maximum atomic E-state index is 12.2. The second kappa shape index (κ2) is 4.93. The van der Waals surface area contributed by atoms with Gasteiger partial charge in [-0.1, -0.05) is 18.2 Å². The van der Waals surface area contributed by atoms with Crippen molar-refractivity contribution in [1.29, 1.82) is 5.26 Å². The molecule has 0 spiro atoms. The van der Waals surface area contributed by atoms with Gasteiger partial charge in [-0.3, -0.25) is 4.79 Å². The molecular weight excluding hydrogens is 238 g/mol. The maximum absolute atomic E-state index is 12.2. The molecule has 1 N–H and O–H groups in total. The van der Waals surface area contributed by atoms with Crippen molar-refractivity contribution in [2.75, 3.05) is 11.4 Å². The molecule has 4 nitrogen and oxygen atoms in total. The highest BCUT2D eigenvalue weighted by atomic mass is 16.2. The summed E-state index contributed by atoms with van der Waals surface area (Å²) in [5.74, 6) is -0.0685. The Morgan fingerprint density at radius 2 is 2.16 bits per heavy atom. The molecule has 0 saturated carbocycles. The van der Waals surface area contributed by atoms with Gasteiger partial charge in [0.05, 0.1) is 18.0 Å². The lowest BCUT2D eigenvalue weighted by molar-refractivity contribution is -0.125. The van der Waals surface area contributed by atoms with E-state index in [1.165, 1.54) is 0 Å². The van der Waals surface area contributed by atoms with Gasteiger partial charge in [0, 0.05) is 12.2 Å². The Morgan fingerprint density at radius 3 is 2.79 bits per heavy atom. The summed E-state index contributed by atoms with van der Waals surface area (Å²) in [6.07, 6.45) is 0.205. The van der Waals surface area contributed by atoms with E-state index in [1.807, 2.05) is 45.0 Å². The molecule has 1 aromatic rings. The second-order valence-corrected chi connectivity index (χ2v) is 5.67. The number of carbonyl (C=O) groups excluding carboxylic acids is 1. The average molecular weight is 257 g/mol. The summed E-state index contributed by atoms with van der Waals surface area (Å²) in [4.78, 5) is 14.2. The fourth-order valence-electron chi connectivity index (χ4n) is 2.56. The summed E-state index contributed by atoms with van der Waals surface area (Å²) in [6, 6.07) is 9.69. The van der Waals surface area contributed by atoms with E-state index in [0.717, 1.165) is 11.3 Å². The van der Waals surface area contributed by atoms with Crippen molar-refractivity contribution in [3.05, 3.63) is 29.8 Å². The highest BCUT2D eigenvalue weighted by Gasteiger charge is 2.38. The Balaban J connectivity index is 2.41. The van der Waals surface area contributed by atoms with Crippen LogP contribution in [0.4, 0.5) is 5.69 Å². The molecule has 0 aliphatic carbocycles. The van der Waals surface area contributed by atoms with Gasteiger partial charge in [0.25, 0.3) is 0 Å². The molecule has 0 radical (unpaired) electrons. The third-order valence-corrected chi connectivity index (χ3v) is 3.42. The number of nitriles is 1. The number of hydrogen-bond acceptors (Lipinski definition) is 3. The number of piperazine rings is 1. The van der Waals surface area contributed by atoms with Crippen molar-refractivity contribution < 1.29 is 4.79 Å². The summed E-state index contributed by atoms with van der Waals surface area (Å²) in [7, 11) is 0. The molecule has 0 bridgehead atoms. The van der Waals surface area contributed by atoms with E-state index in [4.69, 9.17) is 5.26 Å². The summed E-state index contributed by atoms with van der Waals surface area (Å²) < 4.78 is 0. The van der Waals surface area contributed by atoms with Gasteiger partial charge in [-0.05, 0) is 32.4 Å². The average Bonchev–Trinajstić information content (AvgIpc) is 2.32. The van der Waals surface area contributed by atoms with Crippen molar-refractivity contribution >= 4 is 11.6 Å². The number of nitrogens with zero attached hydrogens (tertiary/aromatic N) is 2. The number of anilines is 1. The largest absolute Gasteiger partial charge is 0.356 e. The minimum absolute atomic E-state index is 0.0685. The number of para-hydroxylation sites is 1. The van der Waals surface area contributed by atoms with Crippen molar-refractivity contribution in [3.63, 3.8) is 0 Å². The first-order valence-electron chi connectivity index (χ1n) is 6.46. The molecule has 1 amide bonds. The van der Waals surface area contributed by atoms with Gasteiger partial charge in [0.1, 0.15) is 6.04 Å². The van der Waals surface area contributed by atoms with E-state index in [9.17, 15) is 4.79 Å². The molecule has 2 rings (SSSR count). The third-order valence-electron chi connectivity index (χ3n) is 3.42. The number of benzene rings is 1. The van der Waals surface area contributed by atoms with Crippen molar-refractivity contribution in [2.45, 2.75) is 38.8 Å². The Bertz CT molecular complexity index is 530. The van der Waals surface area contributed by atoms with Crippen LogP contribution in [0.25, 0.3) is 0 Å². The van der Waals surface area contributed by atoms with Crippen LogP contribution < -0.4 is 10.2 Å². The molecule has 1 aliphatic heterocycles. The number of carbonyl (C=O) groups is 1. The maximum Gasteiger partial charge on any atom is 0.244 e. The van der Waals surface area contributed by atoms with E-state index in [2.05, 4.69) is 16.3 Å². The third kappa shape index (κ3) is 2.70. The number of hydrogen-bond donors (Lipinski definition) is 1. The highest BCUT2D eigenvalue weighted by Crippen LogP contribution is 2.28. The van der Waals surface area contributed by atoms with Crippen LogP contribution in [0.5, 0.6) is 0 Å². The van der Waals surface area contributed by atoms with Crippen LogP contribution in [0.2, 0.25) is 0 Å². The van der Waals surface area contributed by atoms with Gasteiger partial charge in [-0.15, -0.1) is 0 Å². The number of nitrogens with one attached hydrogen (secondary N) is 1. The van der Waals surface area contributed by atoms with Crippen LogP contribution in [0.1, 0.15) is 25.8 Å². The smallest absolute Gasteiger partial charge is 0.244 e. The van der Waals surface area contributed by atoms with Gasteiger partial charge in [-0.2, -0.15) is 5.26 Å². The lowest BCUT2D eigenvalue weighted by Crippen LogP contribution is -2.65. The first-order valence-corrected chi connectivity index (χ1v) is 6.46.